The van der Waals surface area contributed by atoms with Crippen LogP contribution in [0.25, 0.3) is 0 Å². The minimum Gasteiger partial charge on any atom is -0.353 e. The summed E-state index contributed by atoms with van der Waals surface area (Å²) in [5.41, 5.74) is 1.48. The Hall–Kier alpha value is -3.99. The third-order valence-electron chi connectivity index (χ3n) is 5.56. The second kappa shape index (κ2) is 8.63. The van der Waals surface area contributed by atoms with Gasteiger partial charge in [-0.2, -0.15) is 0 Å². The SMILES string of the molecule is Cc1ccc([N+](=O)[O-])cc1NC(=O)C1CC(=O)NC2NC(Nc3ccccc3)NC(=O)C21. The molecule has 0 radical (unpaired) electrons. The van der Waals surface area contributed by atoms with Gasteiger partial charge in [0.2, 0.25) is 17.7 Å². The number of amides is 3. The lowest BCUT2D eigenvalue weighted by Crippen LogP contribution is -2.72. The molecule has 11 nitrogen and oxygen atoms in total. The van der Waals surface area contributed by atoms with Gasteiger partial charge in [0.05, 0.1) is 28.6 Å². The zero-order chi connectivity index (χ0) is 22.8. The molecule has 2 aromatic carbocycles. The Bertz CT molecular complexity index is 1080. The first-order valence-electron chi connectivity index (χ1n) is 10.0. The zero-order valence-corrected chi connectivity index (χ0v) is 17.1. The predicted molar refractivity (Wildman–Crippen MR) is 115 cm³/mol. The Morgan fingerprint density at radius 1 is 1.12 bits per heavy atom. The minimum atomic E-state index is -0.947. The number of fused-ring (bicyclic) bond motifs is 1. The molecule has 0 bridgehead atoms. The lowest BCUT2D eigenvalue weighted by Gasteiger charge is -2.43. The van der Waals surface area contributed by atoms with Gasteiger partial charge in [-0.3, -0.25) is 29.8 Å². The van der Waals surface area contributed by atoms with Crippen molar-refractivity contribution in [1.29, 1.82) is 0 Å². The van der Waals surface area contributed by atoms with Crippen LogP contribution in [0.15, 0.2) is 48.5 Å². The molecule has 0 aromatic heterocycles. The maximum absolute atomic E-state index is 13.0. The molecule has 4 rings (SSSR count). The topological polar surface area (TPSA) is 154 Å². The standard InChI is InChI=1S/C21H22N6O5/c1-11-7-8-13(27(31)32)9-15(11)23-19(29)14-10-16(28)24-18-17(14)20(30)26-21(25-18)22-12-5-3-2-4-6-12/h2-9,14,17-18,21-22,25H,10H2,1H3,(H,23,29)(H,24,28)(H,26,30). The molecule has 2 aromatic rings. The van der Waals surface area contributed by atoms with Crippen molar-refractivity contribution in [3.8, 4) is 0 Å². The van der Waals surface area contributed by atoms with Crippen molar-refractivity contribution in [1.82, 2.24) is 16.0 Å². The van der Waals surface area contributed by atoms with E-state index in [0.29, 0.717) is 5.56 Å². The van der Waals surface area contributed by atoms with Crippen molar-refractivity contribution in [3.05, 3.63) is 64.2 Å². The lowest BCUT2D eigenvalue weighted by atomic mass is 9.81. The number of hydrogen-bond donors (Lipinski definition) is 5. The number of nitro benzene ring substituents is 1. The number of aryl methyl sites for hydroxylation is 1. The summed E-state index contributed by atoms with van der Waals surface area (Å²) in [4.78, 5) is 48.7. The van der Waals surface area contributed by atoms with Crippen LogP contribution in [0.5, 0.6) is 0 Å². The first-order valence-corrected chi connectivity index (χ1v) is 10.0. The number of nitro groups is 1. The minimum absolute atomic E-state index is 0.169. The Labute approximate surface area is 183 Å². The fraction of sp³-hybridized carbons (Fsp3) is 0.286. The van der Waals surface area contributed by atoms with Gasteiger partial charge >= 0.3 is 0 Å². The molecule has 4 atom stereocenters. The average Bonchev–Trinajstić information content (AvgIpc) is 2.75. The summed E-state index contributed by atoms with van der Waals surface area (Å²) in [7, 11) is 0. The number of hydrogen-bond acceptors (Lipinski definition) is 7. The van der Waals surface area contributed by atoms with E-state index in [1.54, 1.807) is 6.92 Å². The monoisotopic (exact) mass is 438 g/mol. The van der Waals surface area contributed by atoms with Gasteiger partial charge in [-0.25, -0.2) is 0 Å². The number of carbonyl (C=O) groups excluding carboxylic acids is 3. The van der Waals surface area contributed by atoms with E-state index in [1.807, 2.05) is 30.3 Å². The Kier molecular flexibility index (Phi) is 5.73. The van der Waals surface area contributed by atoms with Crippen LogP contribution in [0.3, 0.4) is 0 Å². The first-order chi connectivity index (χ1) is 15.3. The number of anilines is 2. The van der Waals surface area contributed by atoms with E-state index < -0.39 is 41.0 Å². The Morgan fingerprint density at radius 3 is 2.59 bits per heavy atom. The molecule has 2 saturated heterocycles. The maximum atomic E-state index is 13.0. The number of nitrogens with one attached hydrogen (secondary N) is 5. The van der Waals surface area contributed by atoms with E-state index in [4.69, 9.17) is 0 Å². The van der Waals surface area contributed by atoms with Crippen LogP contribution in [0.1, 0.15) is 12.0 Å². The fourth-order valence-electron chi connectivity index (χ4n) is 3.94. The van der Waals surface area contributed by atoms with E-state index in [2.05, 4.69) is 26.6 Å². The predicted octanol–water partition coefficient (Wildman–Crippen LogP) is 1.04. The van der Waals surface area contributed by atoms with E-state index in [9.17, 15) is 24.5 Å². The second-order valence-electron chi connectivity index (χ2n) is 7.75. The van der Waals surface area contributed by atoms with Crippen LogP contribution >= 0.6 is 0 Å². The van der Waals surface area contributed by atoms with E-state index in [1.165, 1.54) is 18.2 Å². The molecular weight excluding hydrogens is 416 g/mol. The van der Waals surface area contributed by atoms with Crippen LogP contribution in [-0.4, -0.2) is 35.1 Å². The van der Waals surface area contributed by atoms with Crippen molar-refractivity contribution in [2.45, 2.75) is 25.8 Å². The highest BCUT2D eigenvalue weighted by molar-refractivity contribution is 6.00. The zero-order valence-electron chi connectivity index (χ0n) is 17.1. The van der Waals surface area contributed by atoms with Gasteiger partial charge in [-0.05, 0) is 24.6 Å². The smallest absolute Gasteiger partial charge is 0.271 e. The molecule has 0 saturated carbocycles. The molecule has 166 valence electrons. The number of rotatable bonds is 5. The first kappa shape index (κ1) is 21.2. The van der Waals surface area contributed by atoms with E-state index in [-0.39, 0.29) is 23.7 Å². The number of carbonyl (C=O) groups is 3. The molecule has 2 aliphatic rings. The number of nitrogens with zero attached hydrogens (tertiary/aromatic N) is 1. The molecule has 2 aliphatic heterocycles. The van der Waals surface area contributed by atoms with Crippen molar-refractivity contribution >= 4 is 34.8 Å². The molecule has 0 aliphatic carbocycles. The molecule has 5 N–H and O–H groups in total. The normalized spacial score (nSPS) is 24.5. The number of para-hydroxylation sites is 1. The molecule has 32 heavy (non-hydrogen) atoms. The van der Waals surface area contributed by atoms with E-state index >= 15 is 0 Å². The van der Waals surface area contributed by atoms with Crippen LogP contribution in [0.4, 0.5) is 17.1 Å². The highest BCUT2D eigenvalue weighted by atomic mass is 16.6. The van der Waals surface area contributed by atoms with Gasteiger partial charge in [0.15, 0.2) is 6.29 Å². The average molecular weight is 438 g/mol. The fourth-order valence-corrected chi connectivity index (χ4v) is 3.94. The van der Waals surface area contributed by atoms with Crippen LogP contribution in [-0.2, 0) is 14.4 Å². The van der Waals surface area contributed by atoms with Crippen molar-refractivity contribution in [3.63, 3.8) is 0 Å². The highest BCUT2D eigenvalue weighted by Gasteiger charge is 2.48. The summed E-state index contributed by atoms with van der Waals surface area (Å²) >= 11 is 0. The third-order valence-corrected chi connectivity index (χ3v) is 5.56. The summed E-state index contributed by atoms with van der Waals surface area (Å²) in [6, 6.07) is 13.3. The molecule has 2 heterocycles. The van der Waals surface area contributed by atoms with Gasteiger partial charge in [0, 0.05) is 24.2 Å². The molecule has 2 fully saturated rings. The van der Waals surface area contributed by atoms with Crippen LogP contribution < -0.4 is 26.6 Å². The Morgan fingerprint density at radius 2 is 1.88 bits per heavy atom. The quantitative estimate of drug-likeness (QED) is 0.345. The summed E-state index contributed by atoms with van der Waals surface area (Å²) in [5, 5.41) is 25.4. The number of non-ortho nitro benzene ring substituents is 1. The summed E-state index contributed by atoms with van der Waals surface area (Å²) < 4.78 is 0. The maximum Gasteiger partial charge on any atom is 0.271 e. The highest BCUT2D eigenvalue weighted by Crippen LogP contribution is 2.29. The van der Waals surface area contributed by atoms with Gasteiger partial charge in [0.25, 0.3) is 5.69 Å². The number of piperidine rings is 1. The summed E-state index contributed by atoms with van der Waals surface area (Å²) in [5.74, 6) is -3.11. The molecule has 11 heteroatoms. The van der Waals surface area contributed by atoms with Gasteiger partial charge in [-0.15, -0.1) is 0 Å². The van der Waals surface area contributed by atoms with Gasteiger partial charge in [0.1, 0.15) is 0 Å². The third kappa shape index (κ3) is 4.37. The summed E-state index contributed by atoms with van der Waals surface area (Å²) in [6.45, 7) is 1.70. The van der Waals surface area contributed by atoms with Crippen molar-refractivity contribution in [2.24, 2.45) is 11.8 Å². The molecule has 4 unspecified atom stereocenters. The molecular formula is C21H22N6O5. The van der Waals surface area contributed by atoms with Crippen LogP contribution in [0.2, 0.25) is 0 Å². The van der Waals surface area contributed by atoms with Crippen molar-refractivity contribution < 1.29 is 19.3 Å². The van der Waals surface area contributed by atoms with Gasteiger partial charge in [-0.1, -0.05) is 24.3 Å². The molecule has 0 spiro atoms. The summed E-state index contributed by atoms with van der Waals surface area (Å²) in [6.07, 6.45) is -1.58. The Balaban J connectivity index is 1.51. The van der Waals surface area contributed by atoms with Crippen LogP contribution in [0, 0.1) is 28.9 Å². The lowest BCUT2D eigenvalue weighted by molar-refractivity contribution is -0.384. The molecule has 3 amide bonds. The van der Waals surface area contributed by atoms with Gasteiger partial charge < -0.3 is 21.3 Å². The van der Waals surface area contributed by atoms with E-state index in [0.717, 1.165) is 5.69 Å². The number of benzene rings is 2. The second-order valence-corrected chi connectivity index (χ2v) is 7.75. The largest absolute Gasteiger partial charge is 0.353 e. The van der Waals surface area contributed by atoms with Crippen molar-refractivity contribution in [2.75, 3.05) is 10.6 Å².